The summed E-state index contributed by atoms with van der Waals surface area (Å²) in [7, 11) is 0. The molecule has 106 valence electrons. The van der Waals surface area contributed by atoms with E-state index in [4.69, 9.17) is 0 Å². The summed E-state index contributed by atoms with van der Waals surface area (Å²) in [5.74, 6) is 0.909. The number of hydrogen-bond donors (Lipinski definition) is 0. The number of aryl methyl sites for hydroxylation is 1. The van der Waals surface area contributed by atoms with Crippen LogP contribution >= 0.6 is 0 Å². The van der Waals surface area contributed by atoms with E-state index < -0.39 is 0 Å². The van der Waals surface area contributed by atoms with Crippen LogP contribution in [0.25, 0.3) is 0 Å². The Hall–Kier alpha value is -0.890. The molecule has 1 fully saturated rings. The van der Waals surface area contributed by atoms with Crippen molar-refractivity contribution in [3.8, 4) is 0 Å². The van der Waals surface area contributed by atoms with Crippen LogP contribution in [-0.4, -0.2) is 29.0 Å². The second-order valence-corrected chi connectivity index (χ2v) is 5.96. The summed E-state index contributed by atoms with van der Waals surface area (Å²) in [6, 6.07) is 5.17. The smallest absolute Gasteiger partial charge is 0.0416 e. The Bertz CT molecular complexity index is 371. The SMILES string of the molecule is CCc1ccc(CCN2C[C@H](CC)CC[C@H]2C)nc1. The molecule has 19 heavy (non-hydrogen) atoms. The molecule has 2 rings (SSSR count). The maximum absolute atomic E-state index is 4.57. The van der Waals surface area contributed by atoms with Crippen LogP contribution in [0.1, 0.15) is 51.3 Å². The van der Waals surface area contributed by atoms with E-state index in [1.165, 1.54) is 37.1 Å². The van der Waals surface area contributed by atoms with Crippen molar-refractivity contribution < 1.29 is 0 Å². The van der Waals surface area contributed by atoms with Crippen molar-refractivity contribution in [1.82, 2.24) is 9.88 Å². The van der Waals surface area contributed by atoms with E-state index in [1.807, 2.05) is 6.20 Å². The van der Waals surface area contributed by atoms with Crippen LogP contribution in [0.2, 0.25) is 0 Å². The van der Waals surface area contributed by atoms with Crippen LogP contribution in [0, 0.1) is 5.92 Å². The first-order valence-corrected chi connectivity index (χ1v) is 7.90. The molecule has 0 radical (unpaired) electrons. The van der Waals surface area contributed by atoms with E-state index in [1.54, 1.807) is 0 Å². The summed E-state index contributed by atoms with van der Waals surface area (Å²) in [6.07, 6.45) is 8.30. The highest BCUT2D eigenvalue weighted by atomic mass is 15.2. The van der Waals surface area contributed by atoms with Gasteiger partial charge in [0.25, 0.3) is 0 Å². The Morgan fingerprint density at radius 2 is 2.11 bits per heavy atom. The van der Waals surface area contributed by atoms with Crippen molar-refractivity contribution in [2.45, 2.75) is 58.9 Å². The predicted molar refractivity (Wildman–Crippen MR) is 81.4 cm³/mol. The van der Waals surface area contributed by atoms with Gasteiger partial charge in [-0.1, -0.05) is 26.3 Å². The third-order valence-corrected chi connectivity index (χ3v) is 4.64. The van der Waals surface area contributed by atoms with Gasteiger partial charge in [0.15, 0.2) is 0 Å². The van der Waals surface area contributed by atoms with Crippen LogP contribution < -0.4 is 0 Å². The molecule has 1 saturated heterocycles. The Morgan fingerprint density at radius 3 is 2.74 bits per heavy atom. The lowest BCUT2D eigenvalue weighted by Crippen LogP contribution is -2.42. The molecule has 0 aromatic carbocycles. The second kappa shape index (κ2) is 7.04. The lowest BCUT2D eigenvalue weighted by Gasteiger charge is -2.37. The Kier molecular flexibility index (Phi) is 5.38. The number of rotatable bonds is 5. The average molecular weight is 260 g/mol. The van der Waals surface area contributed by atoms with Gasteiger partial charge in [0.1, 0.15) is 0 Å². The third-order valence-electron chi connectivity index (χ3n) is 4.64. The van der Waals surface area contributed by atoms with E-state index in [0.717, 1.165) is 31.3 Å². The van der Waals surface area contributed by atoms with Gasteiger partial charge >= 0.3 is 0 Å². The van der Waals surface area contributed by atoms with Crippen molar-refractivity contribution in [3.63, 3.8) is 0 Å². The van der Waals surface area contributed by atoms with Crippen molar-refractivity contribution >= 4 is 0 Å². The van der Waals surface area contributed by atoms with E-state index in [-0.39, 0.29) is 0 Å². The molecule has 0 spiro atoms. The van der Waals surface area contributed by atoms with Crippen molar-refractivity contribution in [2.24, 2.45) is 5.92 Å². The molecule has 1 aromatic heterocycles. The van der Waals surface area contributed by atoms with Gasteiger partial charge in [-0.25, -0.2) is 0 Å². The average Bonchev–Trinajstić information content (AvgIpc) is 2.47. The predicted octanol–water partition coefficient (Wildman–Crippen LogP) is 3.70. The van der Waals surface area contributed by atoms with E-state index in [2.05, 4.69) is 42.8 Å². The largest absolute Gasteiger partial charge is 0.300 e. The normalized spacial score (nSPS) is 24.6. The summed E-state index contributed by atoms with van der Waals surface area (Å²) in [5, 5.41) is 0. The lowest BCUT2D eigenvalue weighted by molar-refractivity contribution is 0.117. The van der Waals surface area contributed by atoms with Gasteiger partial charge < -0.3 is 4.90 Å². The number of aromatic nitrogens is 1. The van der Waals surface area contributed by atoms with Crippen LogP contribution in [0.3, 0.4) is 0 Å². The first-order chi connectivity index (χ1) is 9.22. The molecule has 0 bridgehead atoms. The molecular formula is C17H28N2. The summed E-state index contributed by atoms with van der Waals surface area (Å²) < 4.78 is 0. The molecular weight excluding hydrogens is 232 g/mol. The molecule has 2 heterocycles. The van der Waals surface area contributed by atoms with Gasteiger partial charge in [0.2, 0.25) is 0 Å². The van der Waals surface area contributed by atoms with Crippen LogP contribution in [0.4, 0.5) is 0 Å². The zero-order valence-corrected chi connectivity index (χ0v) is 12.7. The summed E-state index contributed by atoms with van der Waals surface area (Å²) in [5.41, 5.74) is 2.57. The zero-order chi connectivity index (χ0) is 13.7. The number of hydrogen-bond acceptors (Lipinski definition) is 2. The fourth-order valence-corrected chi connectivity index (χ4v) is 2.98. The molecule has 2 heteroatoms. The zero-order valence-electron chi connectivity index (χ0n) is 12.7. The monoisotopic (exact) mass is 260 g/mol. The number of pyridine rings is 1. The number of nitrogens with zero attached hydrogens (tertiary/aromatic N) is 2. The molecule has 0 N–H and O–H groups in total. The van der Waals surface area contributed by atoms with Crippen LogP contribution in [-0.2, 0) is 12.8 Å². The Labute approximate surface area is 118 Å². The first kappa shape index (κ1) is 14.5. The van der Waals surface area contributed by atoms with E-state index in [9.17, 15) is 0 Å². The van der Waals surface area contributed by atoms with Gasteiger partial charge in [-0.05, 0) is 43.7 Å². The van der Waals surface area contributed by atoms with Gasteiger partial charge in [0, 0.05) is 37.4 Å². The number of piperidine rings is 1. The summed E-state index contributed by atoms with van der Waals surface area (Å²) in [4.78, 5) is 7.23. The maximum atomic E-state index is 4.57. The second-order valence-electron chi connectivity index (χ2n) is 5.96. The molecule has 0 saturated carbocycles. The molecule has 0 unspecified atom stereocenters. The summed E-state index contributed by atoms with van der Waals surface area (Å²) in [6.45, 7) is 9.32. The van der Waals surface area contributed by atoms with Crippen LogP contribution in [0.5, 0.6) is 0 Å². The minimum Gasteiger partial charge on any atom is -0.300 e. The summed E-state index contributed by atoms with van der Waals surface area (Å²) >= 11 is 0. The fourth-order valence-electron chi connectivity index (χ4n) is 2.98. The Balaban J connectivity index is 1.85. The fraction of sp³-hybridized carbons (Fsp3) is 0.706. The van der Waals surface area contributed by atoms with E-state index in [0.29, 0.717) is 0 Å². The molecule has 2 nitrogen and oxygen atoms in total. The molecule has 0 aliphatic carbocycles. The quantitative estimate of drug-likeness (QED) is 0.802. The van der Waals surface area contributed by atoms with Crippen LogP contribution in [0.15, 0.2) is 18.3 Å². The third kappa shape index (κ3) is 4.04. The molecule has 2 atom stereocenters. The van der Waals surface area contributed by atoms with Gasteiger partial charge in [-0.2, -0.15) is 0 Å². The minimum atomic E-state index is 0.748. The highest BCUT2D eigenvalue weighted by molar-refractivity contribution is 5.14. The molecule has 1 aromatic rings. The van der Waals surface area contributed by atoms with Crippen molar-refractivity contribution in [3.05, 3.63) is 29.6 Å². The highest BCUT2D eigenvalue weighted by Gasteiger charge is 2.23. The topological polar surface area (TPSA) is 16.1 Å². The standard InChI is InChI=1S/C17H28N2/c1-4-15-8-9-17(18-12-15)10-11-19-13-16(5-2)7-6-14(19)3/h8-9,12,14,16H,4-7,10-11,13H2,1-3H3/t14-,16-/m1/s1. The Morgan fingerprint density at radius 1 is 1.26 bits per heavy atom. The van der Waals surface area contributed by atoms with Gasteiger partial charge in [0.05, 0.1) is 0 Å². The van der Waals surface area contributed by atoms with Gasteiger partial charge in [-0.3, -0.25) is 4.98 Å². The van der Waals surface area contributed by atoms with Crippen molar-refractivity contribution in [2.75, 3.05) is 13.1 Å². The highest BCUT2D eigenvalue weighted by Crippen LogP contribution is 2.23. The van der Waals surface area contributed by atoms with Gasteiger partial charge in [-0.15, -0.1) is 0 Å². The molecule has 1 aliphatic rings. The van der Waals surface area contributed by atoms with E-state index >= 15 is 0 Å². The lowest BCUT2D eigenvalue weighted by atomic mass is 9.91. The maximum Gasteiger partial charge on any atom is 0.0416 e. The number of likely N-dealkylation sites (tertiary alicyclic amines) is 1. The minimum absolute atomic E-state index is 0.748. The van der Waals surface area contributed by atoms with Crippen molar-refractivity contribution in [1.29, 1.82) is 0 Å². The first-order valence-electron chi connectivity index (χ1n) is 7.90. The molecule has 0 amide bonds. The molecule has 1 aliphatic heterocycles.